The third kappa shape index (κ3) is 3.82. The molecule has 21 heavy (non-hydrogen) atoms. The predicted molar refractivity (Wildman–Crippen MR) is 74.4 cm³/mol. The molecule has 1 amide bonds. The van der Waals surface area contributed by atoms with Crippen LogP contribution in [0.5, 0.6) is 0 Å². The maximum absolute atomic E-state index is 12.4. The summed E-state index contributed by atoms with van der Waals surface area (Å²) < 4.78 is 31.2. The zero-order chi connectivity index (χ0) is 15.5. The maximum atomic E-state index is 12.4. The van der Waals surface area contributed by atoms with Gasteiger partial charge in [-0.15, -0.1) is 0 Å². The van der Waals surface area contributed by atoms with Crippen LogP contribution in [0.3, 0.4) is 0 Å². The van der Waals surface area contributed by atoms with Crippen molar-refractivity contribution in [2.75, 3.05) is 32.8 Å². The van der Waals surface area contributed by atoms with Gasteiger partial charge >= 0.3 is 0 Å². The van der Waals surface area contributed by atoms with E-state index in [2.05, 4.69) is 10.3 Å². The van der Waals surface area contributed by atoms with Gasteiger partial charge in [0.15, 0.2) is 0 Å². The Morgan fingerprint density at radius 2 is 2.19 bits per heavy atom. The van der Waals surface area contributed by atoms with Crippen molar-refractivity contribution in [3.8, 4) is 0 Å². The molecule has 2 rings (SSSR count). The van der Waals surface area contributed by atoms with Crippen molar-refractivity contribution >= 4 is 15.9 Å². The molecule has 1 aliphatic heterocycles. The molecular weight excluding hydrogens is 298 g/mol. The molecule has 3 N–H and O–H groups in total. The molecule has 1 atom stereocenters. The summed E-state index contributed by atoms with van der Waals surface area (Å²) in [4.78, 5) is 14.5. The molecule has 9 heteroatoms. The summed E-state index contributed by atoms with van der Waals surface area (Å²) >= 11 is 0. The van der Waals surface area contributed by atoms with Gasteiger partial charge in [-0.25, -0.2) is 8.42 Å². The number of ether oxygens (including phenoxy) is 1. The quantitative estimate of drug-likeness (QED) is 0.655. The van der Waals surface area contributed by atoms with Gasteiger partial charge in [-0.1, -0.05) is 0 Å². The molecule has 0 spiro atoms. The summed E-state index contributed by atoms with van der Waals surface area (Å²) in [7, 11) is -3.61. The van der Waals surface area contributed by atoms with Gasteiger partial charge < -0.3 is 20.1 Å². The van der Waals surface area contributed by atoms with Crippen LogP contribution < -0.4 is 5.32 Å². The number of rotatable bonds is 5. The normalized spacial score (nSPS) is 18.4. The van der Waals surface area contributed by atoms with E-state index >= 15 is 0 Å². The highest BCUT2D eigenvalue weighted by Gasteiger charge is 2.27. The minimum Gasteiger partial charge on any atom is -0.392 e. The van der Waals surface area contributed by atoms with Gasteiger partial charge in [0.05, 0.1) is 19.3 Å². The van der Waals surface area contributed by atoms with Gasteiger partial charge in [0.25, 0.3) is 5.91 Å². The Morgan fingerprint density at radius 1 is 1.52 bits per heavy atom. The number of hydrogen-bond acceptors (Lipinski definition) is 5. The Hall–Kier alpha value is -1.42. The number of carbonyl (C=O) groups is 1. The molecule has 1 saturated heterocycles. The first-order chi connectivity index (χ1) is 9.91. The average Bonchev–Trinajstić information content (AvgIpc) is 2.96. The molecule has 1 aliphatic rings. The number of aromatic nitrogens is 1. The van der Waals surface area contributed by atoms with E-state index in [1.165, 1.54) is 16.6 Å². The van der Waals surface area contributed by atoms with E-state index in [9.17, 15) is 13.2 Å². The highest BCUT2D eigenvalue weighted by atomic mass is 32.2. The van der Waals surface area contributed by atoms with Crippen molar-refractivity contribution in [3.63, 3.8) is 0 Å². The van der Waals surface area contributed by atoms with Crippen molar-refractivity contribution in [1.82, 2.24) is 14.6 Å². The Morgan fingerprint density at radius 3 is 2.81 bits per heavy atom. The van der Waals surface area contributed by atoms with Gasteiger partial charge in [0, 0.05) is 25.8 Å². The molecule has 0 radical (unpaired) electrons. The number of carbonyl (C=O) groups excluding carboxylic acids is 1. The number of aliphatic hydroxyl groups excluding tert-OH is 1. The van der Waals surface area contributed by atoms with Gasteiger partial charge in [-0.05, 0) is 13.0 Å². The Labute approximate surface area is 123 Å². The maximum Gasteiger partial charge on any atom is 0.267 e. The van der Waals surface area contributed by atoms with Crippen LogP contribution in [0.4, 0.5) is 0 Å². The van der Waals surface area contributed by atoms with Crippen LogP contribution in [0.1, 0.15) is 17.4 Å². The van der Waals surface area contributed by atoms with Crippen LogP contribution in [0.15, 0.2) is 17.2 Å². The lowest BCUT2D eigenvalue weighted by Gasteiger charge is -2.25. The van der Waals surface area contributed by atoms with Crippen LogP contribution in [0.2, 0.25) is 0 Å². The van der Waals surface area contributed by atoms with Crippen LogP contribution in [0.25, 0.3) is 0 Å². The van der Waals surface area contributed by atoms with Gasteiger partial charge in [-0.2, -0.15) is 4.31 Å². The molecule has 0 aliphatic carbocycles. The summed E-state index contributed by atoms with van der Waals surface area (Å²) in [5.74, 6) is -0.459. The lowest BCUT2D eigenvalue weighted by Crippen LogP contribution is -2.40. The Kier molecular flexibility index (Phi) is 4.99. The lowest BCUT2D eigenvalue weighted by atomic mass is 10.3. The van der Waals surface area contributed by atoms with Crippen molar-refractivity contribution in [2.45, 2.75) is 17.9 Å². The summed E-state index contributed by atoms with van der Waals surface area (Å²) in [6.45, 7) is 2.98. The summed E-state index contributed by atoms with van der Waals surface area (Å²) in [6, 6.07) is 1.29. The number of nitrogens with zero attached hydrogens (tertiary/aromatic N) is 1. The Bertz CT molecular complexity index is 590. The zero-order valence-electron chi connectivity index (χ0n) is 11.7. The van der Waals surface area contributed by atoms with Crippen molar-refractivity contribution in [2.24, 2.45) is 0 Å². The third-order valence-corrected chi connectivity index (χ3v) is 4.94. The molecule has 1 aromatic heterocycles. The Balaban J connectivity index is 2.09. The minimum absolute atomic E-state index is 0.0478. The number of aliphatic hydroxyl groups is 1. The minimum atomic E-state index is -3.61. The third-order valence-electron chi connectivity index (χ3n) is 3.07. The van der Waals surface area contributed by atoms with E-state index in [1.54, 1.807) is 6.92 Å². The van der Waals surface area contributed by atoms with E-state index < -0.39 is 22.0 Å². The summed E-state index contributed by atoms with van der Waals surface area (Å²) in [5, 5.41) is 11.6. The zero-order valence-corrected chi connectivity index (χ0v) is 12.5. The molecule has 1 unspecified atom stereocenters. The smallest absolute Gasteiger partial charge is 0.267 e. The average molecular weight is 317 g/mol. The van der Waals surface area contributed by atoms with E-state index in [0.717, 1.165) is 0 Å². The molecule has 118 valence electrons. The standard InChI is InChI=1S/C12H19N3O5S/c1-9(16)7-14-12(17)11-6-10(8-13-11)21(18,19)15-2-4-20-5-3-15/h6,8-9,13,16H,2-5,7H2,1H3,(H,14,17). The lowest BCUT2D eigenvalue weighted by molar-refractivity contribution is 0.0730. The van der Waals surface area contributed by atoms with E-state index in [4.69, 9.17) is 9.84 Å². The monoisotopic (exact) mass is 317 g/mol. The fourth-order valence-corrected chi connectivity index (χ4v) is 3.33. The number of amides is 1. The van der Waals surface area contributed by atoms with Crippen molar-refractivity contribution < 1.29 is 23.1 Å². The van der Waals surface area contributed by atoms with Crippen molar-refractivity contribution in [3.05, 3.63) is 18.0 Å². The van der Waals surface area contributed by atoms with Gasteiger partial charge in [-0.3, -0.25) is 4.79 Å². The first-order valence-electron chi connectivity index (χ1n) is 6.64. The fraction of sp³-hybridized carbons (Fsp3) is 0.583. The van der Waals surface area contributed by atoms with Gasteiger partial charge in [0.1, 0.15) is 10.6 Å². The molecular formula is C12H19N3O5S. The highest BCUT2D eigenvalue weighted by molar-refractivity contribution is 7.89. The molecule has 1 fully saturated rings. The van der Waals surface area contributed by atoms with Crippen LogP contribution >= 0.6 is 0 Å². The summed E-state index contributed by atoms with van der Waals surface area (Å²) in [6.07, 6.45) is 0.627. The molecule has 8 nitrogen and oxygen atoms in total. The van der Waals surface area contributed by atoms with E-state index in [1.807, 2.05) is 0 Å². The topological polar surface area (TPSA) is 112 Å². The number of H-pyrrole nitrogens is 1. The van der Waals surface area contributed by atoms with Crippen molar-refractivity contribution in [1.29, 1.82) is 0 Å². The van der Waals surface area contributed by atoms with Crippen LogP contribution in [-0.4, -0.2) is 67.7 Å². The number of nitrogens with one attached hydrogen (secondary N) is 2. The summed E-state index contributed by atoms with van der Waals surface area (Å²) in [5.41, 5.74) is 0.141. The van der Waals surface area contributed by atoms with Gasteiger partial charge in [0.2, 0.25) is 10.0 Å². The molecule has 0 aromatic carbocycles. The largest absolute Gasteiger partial charge is 0.392 e. The predicted octanol–water partition coefficient (Wildman–Crippen LogP) is -0.854. The number of morpholine rings is 1. The van der Waals surface area contributed by atoms with E-state index in [-0.39, 0.29) is 17.1 Å². The molecule has 0 bridgehead atoms. The first kappa shape index (κ1) is 16.0. The second-order valence-electron chi connectivity index (χ2n) is 4.82. The number of aromatic amines is 1. The SMILES string of the molecule is CC(O)CNC(=O)c1cc(S(=O)(=O)N2CCOCC2)c[nH]1. The second kappa shape index (κ2) is 6.56. The fourth-order valence-electron chi connectivity index (χ4n) is 1.93. The van der Waals surface area contributed by atoms with E-state index in [0.29, 0.717) is 26.3 Å². The molecule has 0 saturated carbocycles. The number of hydrogen-bond donors (Lipinski definition) is 3. The van der Waals surface area contributed by atoms with Crippen LogP contribution in [0, 0.1) is 0 Å². The first-order valence-corrected chi connectivity index (χ1v) is 8.08. The number of sulfonamides is 1. The molecule has 2 heterocycles. The highest BCUT2D eigenvalue weighted by Crippen LogP contribution is 2.17. The molecule has 1 aromatic rings. The van der Waals surface area contributed by atoms with Crippen LogP contribution in [-0.2, 0) is 14.8 Å². The second-order valence-corrected chi connectivity index (χ2v) is 6.76.